The Labute approximate surface area is 116 Å². The molecule has 3 unspecified atom stereocenters. The van der Waals surface area contributed by atoms with Gasteiger partial charge < -0.3 is 14.6 Å². The summed E-state index contributed by atoms with van der Waals surface area (Å²) in [5, 5.41) is 10.4. The second-order valence-electron chi connectivity index (χ2n) is 5.67. The Balaban J connectivity index is 1.79. The molecule has 20 heavy (non-hydrogen) atoms. The normalized spacial score (nSPS) is 31.6. The summed E-state index contributed by atoms with van der Waals surface area (Å²) in [6.45, 7) is 1.68. The molecule has 2 aliphatic heterocycles. The molecular weight excluding hydrogens is 266 g/mol. The molecule has 1 aromatic carbocycles. The highest BCUT2D eigenvalue weighted by Gasteiger charge is 2.43. The third kappa shape index (κ3) is 2.45. The standard InChI is InChI=1S/C15H18F2O3/c16-12-3-1-2-11(13(12)17)14(18)10-4-6-20-15(8-10)5-7-19-9-15/h1-3,10,14,18H,4-9H2. The van der Waals surface area contributed by atoms with Crippen LogP contribution >= 0.6 is 0 Å². The van der Waals surface area contributed by atoms with Crippen molar-refractivity contribution in [2.75, 3.05) is 19.8 Å². The smallest absolute Gasteiger partial charge is 0.164 e. The maximum atomic E-state index is 13.8. The van der Waals surface area contributed by atoms with Crippen LogP contribution in [0.1, 0.15) is 30.9 Å². The Hall–Kier alpha value is -1.04. The maximum absolute atomic E-state index is 13.8. The van der Waals surface area contributed by atoms with E-state index in [2.05, 4.69) is 0 Å². The molecule has 1 aromatic rings. The van der Waals surface area contributed by atoms with Crippen LogP contribution in [-0.2, 0) is 9.47 Å². The first kappa shape index (κ1) is 13.9. The van der Waals surface area contributed by atoms with E-state index in [4.69, 9.17) is 9.47 Å². The molecule has 0 saturated carbocycles. The second kappa shape index (κ2) is 5.39. The minimum Gasteiger partial charge on any atom is -0.388 e. The molecule has 2 fully saturated rings. The van der Waals surface area contributed by atoms with Crippen molar-refractivity contribution < 1.29 is 23.4 Å². The summed E-state index contributed by atoms with van der Waals surface area (Å²) in [5.41, 5.74) is -0.320. The predicted octanol–water partition coefficient (Wildman–Crippen LogP) is 2.58. The van der Waals surface area contributed by atoms with E-state index in [1.807, 2.05) is 0 Å². The molecule has 0 aromatic heterocycles. The Morgan fingerprint density at radius 2 is 2.15 bits per heavy atom. The van der Waals surface area contributed by atoms with E-state index in [9.17, 15) is 13.9 Å². The number of halogens is 2. The van der Waals surface area contributed by atoms with Gasteiger partial charge in [0, 0.05) is 25.2 Å². The van der Waals surface area contributed by atoms with E-state index < -0.39 is 17.7 Å². The van der Waals surface area contributed by atoms with Crippen LogP contribution in [0, 0.1) is 17.6 Å². The van der Waals surface area contributed by atoms with Crippen molar-refractivity contribution in [2.45, 2.75) is 31.0 Å². The van der Waals surface area contributed by atoms with Crippen molar-refractivity contribution in [1.29, 1.82) is 0 Å². The number of ether oxygens (including phenoxy) is 2. The molecule has 1 spiro atoms. The van der Waals surface area contributed by atoms with Crippen LogP contribution in [0.15, 0.2) is 18.2 Å². The molecule has 2 aliphatic rings. The molecule has 3 rings (SSSR count). The van der Waals surface area contributed by atoms with Gasteiger partial charge in [-0.1, -0.05) is 12.1 Å². The lowest BCUT2D eigenvalue weighted by Gasteiger charge is -2.39. The van der Waals surface area contributed by atoms with Gasteiger partial charge in [0.15, 0.2) is 11.6 Å². The molecule has 3 atom stereocenters. The average molecular weight is 284 g/mol. The van der Waals surface area contributed by atoms with Crippen LogP contribution in [0.5, 0.6) is 0 Å². The first-order valence-corrected chi connectivity index (χ1v) is 6.95. The molecule has 2 heterocycles. The van der Waals surface area contributed by atoms with Gasteiger partial charge in [0.2, 0.25) is 0 Å². The van der Waals surface area contributed by atoms with Gasteiger partial charge >= 0.3 is 0 Å². The van der Waals surface area contributed by atoms with Gasteiger partial charge in [-0.25, -0.2) is 8.78 Å². The lowest BCUT2D eigenvalue weighted by atomic mass is 9.80. The quantitative estimate of drug-likeness (QED) is 0.907. The number of aliphatic hydroxyl groups is 1. The molecule has 0 radical (unpaired) electrons. The van der Waals surface area contributed by atoms with E-state index in [-0.39, 0.29) is 17.1 Å². The summed E-state index contributed by atoms with van der Waals surface area (Å²) in [6, 6.07) is 3.92. The lowest BCUT2D eigenvalue weighted by Crippen LogP contribution is -2.42. The zero-order chi connectivity index (χ0) is 14.2. The molecule has 1 N–H and O–H groups in total. The van der Waals surface area contributed by atoms with Crippen LogP contribution in [0.25, 0.3) is 0 Å². The van der Waals surface area contributed by atoms with E-state index in [1.165, 1.54) is 12.1 Å². The summed E-state index contributed by atoms with van der Waals surface area (Å²) in [6.07, 6.45) is 1.04. The third-order valence-electron chi connectivity index (χ3n) is 4.34. The van der Waals surface area contributed by atoms with Crippen molar-refractivity contribution in [2.24, 2.45) is 5.92 Å². The highest BCUT2D eigenvalue weighted by Crippen LogP contribution is 2.41. The Morgan fingerprint density at radius 1 is 1.30 bits per heavy atom. The van der Waals surface area contributed by atoms with Gasteiger partial charge in [-0.05, 0) is 24.8 Å². The van der Waals surface area contributed by atoms with Crippen molar-refractivity contribution in [1.82, 2.24) is 0 Å². The van der Waals surface area contributed by atoms with Gasteiger partial charge in [-0.3, -0.25) is 0 Å². The predicted molar refractivity (Wildman–Crippen MR) is 68.2 cm³/mol. The van der Waals surface area contributed by atoms with Crippen molar-refractivity contribution in [3.05, 3.63) is 35.4 Å². The first-order chi connectivity index (χ1) is 9.61. The lowest BCUT2D eigenvalue weighted by molar-refractivity contribution is -0.117. The van der Waals surface area contributed by atoms with Crippen molar-refractivity contribution >= 4 is 0 Å². The molecule has 5 heteroatoms. The molecule has 110 valence electrons. The minimum absolute atomic E-state index is 0.0333. The fraction of sp³-hybridized carbons (Fsp3) is 0.600. The zero-order valence-electron chi connectivity index (χ0n) is 11.1. The van der Waals surface area contributed by atoms with Crippen molar-refractivity contribution in [3.8, 4) is 0 Å². The number of aliphatic hydroxyl groups excluding tert-OH is 1. The monoisotopic (exact) mass is 284 g/mol. The van der Waals surface area contributed by atoms with E-state index in [0.717, 1.165) is 12.5 Å². The SMILES string of the molecule is OC(c1cccc(F)c1F)C1CCOC2(CCOC2)C1. The Morgan fingerprint density at radius 3 is 2.90 bits per heavy atom. The third-order valence-corrected chi connectivity index (χ3v) is 4.34. The summed E-state index contributed by atoms with van der Waals surface area (Å²) in [7, 11) is 0. The summed E-state index contributed by atoms with van der Waals surface area (Å²) < 4.78 is 38.2. The van der Waals surface area contributed by atoms with E-state index >= 15 is 0 Å². The van der Waals surface area contributed by atoms with Gasteiger partial charge in [-0.15, -0.1) is 0 Å². The van der Waals surface area contributed by atoms with Gasteiger partial charge in [0.05, 0.1) is 18.3 Å². The highest BCUT2D eigenvalue weighted by molar-refractivity contribution is 5.22. The van der Waals surface area contributed by atoms with Gasteiger partial charge in [0.25, 0.3) is 0 Å². The average Bonchev–Trinajstić information content (AvgIpc) is 2.89. The maximum Gasteiger partial charge on any atom is 0.164 e. The van der Waals surface area contributed by atoms with Crippen molar-refractivity contribution in [3.63, 3.8) is 0 Å². The summed E-state index contributed by atoms with van der Waals surface area (Å²) in [4.78, 5) is 0. The molecular formula is C15H18F2O3. The van der Waals surface area contributed by atoms with Gasteiger partial charge in [-0.2, -0.15) is 0 Å². The van der Waals surface area contributed by atoms with Crippen LogP contribution in [0.4, 0.5) is 8.78 Å². The Kier molecular flexibility index (Phi) is 3.75. The largest absolute Gasteiger partial charge is 0.388 e. The van der Waals surface area contributed by atoms with E-state index in [1.54, 1.807) is 0 Å². The topological polar surface area (TPSA) is 38.7 Å². The second-order valence-corrected chi connectivity index (χ2v) is 5.67. The fourth-order valence-electron chi connectivity index (χ4n) is 3.20. The highest BCUT2D eigenvalue weighted by atomic mass is 19.2. The summed E-state index contributed by atoms with van der Waals surface area (Å²) >= 11 is 0. The minimum atomic E-state index is -1.01. The van der Waals surface area contributed by atoms with E-state index in [0.29, 0.717) is 32.7 Å². The van der Waals surface area contributed by atoms with Crippen LogP contribution < -0.4 is 0 Å². The van der Waals surface area contributed by atoms with Crippen LogP contribution in [0.3, 0.4) is 0 Å². The molecule has 0 aliphatic carbocycles. The first-order valence-electron chi connectivity index (χ1n) is 6.95. The Bertz CT molecular complexity index is 486. The fourth-order valence-corrected chi connectivity index (χ4v) is 3.20. The number of hydrogen-bond donors (Lipinski definition) is 1. The zero-order valence-corrected chi connectivity index (χ0v) is 11.1. The number of benzene rings is 1. The van der Waals surface area contributed by atoms with Gasteiger partial charge in [0.1, 0.15) is 0 Å². The number of hydrogen-bond acceptors (Lipinski definition) is 3. The van der Waals surface area contributed by atoms with Crippen LogP contribution in [-0.4, -0.2) is 30.5 Å². The van der Waals surface area contributed by atoms with Crippen LogP contribution in [0.2, 0.25) is 0 Å². The molecule has 0 amide bonds. The molecule has 3 nitrogen and oxygen atoms in total. The number of rotatable bonds is 2. The summed E-state index contributed by atoms with van der Waals surface area (Å²) in [5.74, 6) is -2.02. The molecule has 0 bridgehead atoms. The molecule has 2 saturated heterocycles.